The van der Waals surface area contributed by atoms with Crippen LogP contribution in [0.25, 0.3) is 11.4 Å². The number of amides is 1. The normalized spacial score (nSPS) is 11.4. The Bertz CT molecular complexity index is 622. The predicted octanol–water partition coefficient (Wildman–Crippen LogP) is 2.67. The van der Waals surface area contributed by atoms with Crippen molar-refractivity contribution in [2.24, 2.45) is 5.10 Å². The SMILES string of the molecule is C/C(=N/NC(=O)O)c1nc(-c2ccccc2)[nH]c1I. The smallest absolute Gasteiger partial charge is 0.425 e. The van der Waals surface area contributed by atoms with Gasteiger partial charge in [0.05, 0.1) is 5.71 Å². The number of nitrogens with one attached hydrogen (secondary N) is 2. The number of aromatic amines is 1. The Kier molecular flexibility index (Phi) is 4.15. The largest absolute Gasteiger partial charge is 0.464 e. The molecule has 1 aromatic carbocycles. The number of H-pyrrole nitrogens is 1. The topological polar surface area (TPSA) is 90.4 Å². The van der Waals surface area contributed by atoms with Gasteiger partial charge >= 0.3 is 6.09 Å². The minimum absolute atomic E-state index is 0.505. The van der Waals surface area contributed by atoms with Gasteiger partial charge in [-0.15, -0.1) is 0 Å². The zero-order valence-electron chi connectivity index (χ0n) is 10.0. The molecule has 0 aliphatic heterocycles. The molecule has 1 aromatic heterocycles. The molecule has 0 saturated carbocycles. The summed E-state index contributed by atoms with van der Waals surface area (Å²) in [6.45, 7) is 1.70. The summed E-state index contributed by atoms with van der Waals surface area (Å²) < 4.78 is 0.810. The zero-order chi connectivity index (χ0) is 13.8. The molecule has 3 N–H and O–H groups in total. The Morgan fingerprint density at radius 1 is 1.42 bits per heavy atom. The number of hydrogen-bond acceptors (Lipinski definition) is 3. The Labute approximate surface area is 123 Å². The average Bonchev–Trinajstić information content (AvgIpc) is 2.79. The minimum Gasteiger partial charge on any atom is -0.464 e. The first-order chi connectivity index (χ1) is 9.08. The van der Waals surface area contributed by atoms with E-state index in [0.717, 1.165) is 15.1 Å². The molecule has 0 unspecified atom stereocenters. The van der Waals surface area contributed by atoms with Gasteiger partial charge in [0.15, 0.2) is 0 Å². The molecule has 0 fully saturated rings. The van der Waals surface area contributed by atoms with Crippen LogP contribution in [-0.2, 0) is 0 Å². The lowest BCUT2D eigenvalue weighted by molar-refractivity contribution is 0.195. The summed E-state index contributed by atoms with van der Waals surface area (Å²) >= 11 is 2.11. The van der Waals surface area contributed by atoms with Gasteiger partial charge in [0.2, 0.25) is 0 Å². The third-order valence-electron chi connectivity index (χ3n) is 2.37. The van der Waals surface area contributed by atoms with Crippen molar-refractivity contribution in [3.63, 3.8) is 0 Å². The Morgan fingerprint density at radius 2 is 2.11 bits per heavy atom. The highest BCUT2D eigenvalue weighted by molar-refractivity contribution is 14.1. The molecule has 98 valence electrons. The van der Waals surface area contributed by atoms with Gasteiger partial charge in [0.1, 0.15) is 15.2 Å². The van der Waals surface area contributed by atoms with E-state index in [1.165, 1.54) is 0 Å². The number of benzene rings is 1. The van der Waals surface area contributed by atoms with Gasteiger partial charge < -0.3 is 10.1 Å². The molecule has 0 spiro atoms. The summed E-state index contributed by atoms with van der Waals surface area (Å²) in [6.07, 6.45) is -1.20. The van der Waals surface area contributed by atoms with Gasteiger partial charge in [-0.1, -0.05) is 30.3 Å². The standard InChI is InChI=1S/C12H11IN4O2/c1-7(16-17-12(18)19)9-10(13)15-11(14-9)8-5-3-2-4-6-8/h2-6,17H,1H3,(H,14,15)(H,18,19)/b16-7-. The van der Waals surface area contributed by atoms with E-state index in [2.05, 4.69) is 37.7 Å². The van der Waals surface area contributed by atoms with Gasteiger partial charge in [0, 0.05) is 5.56 Å². The minimum atomic E-state index is -1.20. The van der Waals surface area contributed by atoms with E-state index in [9.17, 15) is 4.79 Å². The molecular formula is C12H11IN4O2. The molecule has 0 aliphatic rings. The first-order valence-corrected chi connectivity index (χ1v) is 6.50. The van der Waals surface area contributed by atoms with Gasteiger partial charge in [0.25, 0.3) is 0 Å². The summed E-state index contributed by atoms with van der Waals surface area (Å²) in [5, 5.41) is 12.3. The number of nitrogens with zero attached hydrogens (tertiary/aromatic N) is 2. The maximum Gasteiger partial charge on any atom is 0.425 e. The lowest BCUT2D eigenvalue weighted by atomic mass is 10.2. The highest BCUT2D eigenvalue weighted by atomic mass is 127. The van der Waals surface area contributed by atoms with E-state index in [-0.39, 0.29) is 0 Å². The van der Waals surface area contributed by atoms with E-state index < -0.39 is 6.09 Å². The number of rotatable bonds is 3. The summed E-state index contributed by atoms with van der Waals surface area (Å²) in [4.78, 5) is 18.0. The first-order valence-electron chi connectivity index (χ1n) is 5.42. The first kappa shape index (κ1) is 13.5. The van der Waals surface area contributed by atoms with Crippen LogP contribution < -0.4 is 5.43 Å². The number of imidazole rings is 1. The third kappa shape index (κ3) is 3.31. The molecular weight excluding hydrogens is 359 g/mol. The molecule has 2 rings (SSSR count). The van der Waals surface area contributed by atoms with E-state index >= 15 is 0 Å². The fraction of sp³-hybridized carbons (Fsp3) is 0.0833. The van der Waals surface area contributed by atoms with Gasteiger partial charge in [-0.2, -0.15) is 5.10 Å². The van der Waals surface area contributed by atoms with Crippen molar-refractivity contribution in [2.45, 2.75) is 6.92 Å². The van der Waals surface area contributed by atoms with Crippen LogP contribution in [0.15, 0.2) is 35.4 Å². The lowest BCUT2D eigenvalue weighted by Gasteiger charge is -1.96. The molecule has 0 bridgehead atoms. The maximum atomic E-state index is 10.4. The molecule has 2 aromatic rings. The molecule has 7 heteroatoms. The molecule has 0 radical (unpaired) electrons. The second kappa shape index (κ2) is 5.83. The monoisotopic (exact) mass is 370 g/mol. The van der Waals surface area contributed by atoms with Crippen molar-refractivity contribution < 1.29 is 9.90 Å². The molecule has 0 aliphatic carbocycles. The van der Waals surface area contributed by atoms with Crippen LogP contribution in [0.4, 0.5) is 4.79 Å². The summed E-state index contributed by atoms with van der Waals surface area (Å²) in [5.41, 5.74) is 4.07. The number of carbonyl (C=O) groups is 1. The molecule has 0 saturated heterocycles. The molecule has 19 heavy (non-hydrogen) atoms. The quantitative estimate of drug-likeness (QED) is 0.441. The highest BCUT2D eigenvalue weighted by Gasteiger charge is 2.12. The second-order valence-electron chi connectivity index (χ2n) is 3.73. The van der Waals surface area contributed by atoms with Crippen LogP contribution in [0.3, 0.4) is 0 Å². The van der Waals surface area contributed by atoms with Crippen LogP contribution in [-0.4, -0.2) is 26.9 Å². The van der Waals surface area contributed by atoms with Crippen LogP contribution in [0.5, 0.6) is 0 Å². The van der Waals surface area contributed by atoms with Crippen LogP contribution >= 0.6 is 22.6 Å². The van der Waals surface area contributed by atoms with E-state index in [1.54, 1.807) is 6.92 Å². The number of hydrazone groups is 1. The van der Waals surface area contributed by atoms with Gasteiger partial charge in [-0.3, -0.25) is 0 Å². The molecule has 1 heterocycles. The van der Waals surface area contributed by atoms with Gasteiger partial charge in [-0.25, -0.2) is 15.2 Å². The number of halogens is 1. The van der Waals surface area contributed by atoms with E-state index in [1.807, 2.05) is 35.8 Å². The van der Waals surface area contributed by atoms with E-state index in [4.69, 9.17) is 5.11 Å². The number of carboxylic acid groups (broad SMARTS) is 1. The average molecular weight is 370 g/mol. The molecule has 0 atom stereocenters. The van der Waals surface area contributed by atoms with Crippen molar-refractivity contribution in [1.82, 2.24) is 15.4 Å². The lowest BCUT2D eigenvalue weighted by Crippen LogP contribution is -2.16. The van der Waals surface area contributed by atoms with Crippen LogP contribution in [0.2, 0.25) is 0 Å². The fourth-order valence-electron chi connectivity index (χ4n) is 1.51. The van der Waals surface area contributed by atoms with Crippen LogP contribution in [0.1, 0.15) is 12.6 Å². The molecule has 1 amide bonds. The van der Waals surface area contributed by atoms with E-state index in [0.29, 0.717) is 11.4 Å². The maximum absolute atomic E-state index is 10.4. The summed E-state index contributed by atoms with van der Waals surface area (Å²) in [6, 6.07) is 9.68. The number of aromatic nitrogens is 2. The second-order valence-corrected chi connectivity index (χ2v) is 4.81. The Hall–Kier alpha value is -1.90. The van der Waals surface area contributed by atoms with Crippen molar-refractivity contribution in [3.8, 4) is 11.4 Å². The molecule has 6 nitrogen and oxygen atoms in total. The van der Waals surface area contributed by atoms with Crippen molar-refractivity contribution in [1.29, 1.82) is 0 Å². The predicted molar refractivity (Wildman–Crippen MR) is 80.1 cm³/mol. The highest BCUT2D eigenvalue weighted by Crippen LogP contribution is 2.19. The summed E-state index contributed by atoms with van der Waals surface area (Å²) in [5.74, 6) is 0.727. The van der Waals surface area contributed by atoms with Crippen molar-refractivity contribution in [3.05, 3.63) is 39.7 Å². The van der Waals surface area contributed by atoms with Crippen molar-refractivity contribution in [2.75, 3.05) is 0 Å². The summed E-state index contributed by atoms with van der Waals surface area (Å²) in [7, 11) is 0. The zero-order valence-corrected chi connectivity index (χ0v) is 12.2. The fourth-order valence-corrected chi connectivity index (χ4v) is 2.28. The van der Waals surface area contributed by atoms with Crippen LogP contribution in [0, 0.1) is 3.70 Å². The van der Waals surface area contributed by atoms with Crippen molar-refractivity contribution >= 4 is 34.4 Å². The Morgan fingerprint density at radius 3 is 2.74 bits per heavy atom. The van der Waals surface area contributed by atoms with Gasteiger partial charge in [-0.05, 0) is 29.5 Å². The Balaban J connectivity index is 2.32. The third-order valence-corrected chi connectivity index (χ3v) is 3.15. The number of hydrogen-bond donors (Lipinski definition) is 3.